The van der Waals surface area contributed by atoms with Crippen LogP contribution in [-0.4, -0.2) is 23.5 Å². The van der Waals surface area contributed by atoms with E-state index in [9.17, 15) is 9.59 Å². The average molecular weight is 237 g/mol. The van der Waals surface area contributed by atoms with Crippen LogP contribution in [0.25, 0.3) is 0 Å². The summed E-state index contributed by atoms with van der Waals surface area (Å²) in [6.07, 6.45) is 6.51. The molecule has 1 saturated carbocycles. The number of alkyl carbamates (subject to hydrolysis) is 1. The molecule has 0 bridgehead atoms. The van der Waals surface area contributed by atoms with Crippen LogP contribution in [-0.2, 0) is 9.53 Å². The predicted molar refractivity (Wildman–Crippen MR) is 64.3 cm³/mol. The molecule has 0 radical (unpaired) electrons. The monoisotopic (exact) mass is 237 g/mol. The van der Waals surface area contributed by atoms with Gasteiger partial charge in [-0.1, -0.05) is 5.92 Å². The van der Waals surface area contributed by atoms with Crippen molar-refractivity contribution in [3.8, 4) is 12.3 Å². The Bertz CT molecular complexity index is 345. The van der Waals surface area contributed by atoms with Gasteiger partial charge in [0.05, 0.1) is 12.5 Å². The SMILES string of the molecule is C#CCC(=O)C(NC(=O)OC(C)(C)C)C1CC1. The number of terminal acetylenes is 1. The highest BCUT2D eigenvalue weighted by Gasteiger charge is 2.37. The van der Waals surface area contributed by atoms with E-state index < -0.39 is 17.7 Å². The van der Waals surface area contributed by atoms with Crippen molar-refractivity contribution >= 4 is 11.9 Å². The fraction of sp³-hybridized carbons (Fsp3) is 0.692. The molecule has 1 amide bonds. The Morgan fingerprint density at radius 1 is 1.47 bits per heavy atom. The van der Waals surface area contributed by atoms with Gasteiger partial charge in [0, 0.05) is 0 Å². The lowest BCUT2D eigenvalue weighted by Gasteiger charge is -2.22. The summed E-state index contributed by atoms with van der Waals surface area (Å²) >= 11 is 0. The summed E-state index contributed by atoms with van der Waals surface area (Å²) in [7, 11) is 0. The Kier molecular flexibility index (Phi) is 4.17. The number of carbonyl (C=O) groups is 2. The van der Waals surface area contributed by atoms with Crippen LogP contribution in [0.3, 0.4) is 0 Å². The van der Waals surface area contributed by atoms with E-state index in [1.54, 1.807) is 20.8 Å². The van der Waals surface area contributed by atoms with Crippen LogP contribution in [0.2, 0.25) is 0 Å². The molecule has 0 spiro atoms. The van der Waals surface area contributed by atoms with Crippen molar-refractivity contribution in [3.63, 3.8) is 0 Å². The quantitative estimate of drug-likeness (QED) is 0.759. The number of carbonyl (C=O) groups excluding carboxylic acids is 2. The largest absolute Gasteiger partial charge is 0.444 e. The maximum atomic E-state index is 11.7. The smallest absolute Gasteiger partial charge is 0.408 e. The van der Waals surface area contributed by atoms with E-state index in [0.717, 1.165) is 12.8 Å². The van der Waals surface area contributed by atoms with Crippen LogP contribution in [0, 0.1) is 18.3 Å². The number of hydrogen-bond acceptors (Lipinski definition) is 3. The van der Waals surface area contributed by atoms with Gasteiger partial charge in [0.25, 0.3) is 0 Å². The number of amides is 1. The second-order valence-electron chi connectivity index (χ2n) is 5.31. The van der Waals surface area contributed by atoms with Crippen molar-refractivity contribution in [2.45, 2.75) is 51.7 Å². The third-order valence-electron chi connectivity index (χ3n) is 2.39. The maximum Gasteiger partial charge on any atom is 0.408 e. The van der Waals surface area contributed by atoms with Gasteiger partial charge in [0.1, 0.15) is 5.60 Å². The lowest BCUT2D eigenvalue weighted by Crippen LogP contribution is -2.44. The minimum Gasteiger partial charge on any atom is -0.444 e. The van der Waals surface area contributed by atoms with Gasteiger partial charge >= 0.3 is 6.09 Å². The van der Waals surface area contributed by atoms with Crippen LogP contribution in [0.4, 0.5) is 4.79 Å². The standard InChI is InChI=1S/C13H19NO3/c1-5-6-10(15)11(9-7-8-9)14-12(16)17-13(2,3)4/h1,9,11H,6-8H2,2-4H3,(H,14,16). The molecule has 1 aliphatic carbocycles. The molecule has 0 aromatic carbocycles. The lowest BCUT2D eigenvalue weighted by molar-refractivity contribution is -0.120. The molecular formula is C13H19NO3. The number of ether oxygens (including phenoxy) is 1. The summed E-state index contributed by atoms with van der Waals surface area (Å²) < 4.78 is 5.12. The van der Waals surface area contributed by atoms with Crippen LogP contribution in [0.15, 0.2) is 0 Å². The minimum absolute atomic E-state index is 0.0525. The number of rotatable bonds is 4. The number of hydrogen-bond donors (Lipinski definition) is 1. The predicted octanol–water partition coefficient (Wildman–Crippen LogP) is 1.88. The molecule has 0 aromatic rings. The maximum absolute atomic E-state index is 11.7. The summed E-state index contributed by atoms with van der Waals surface area (Å²) in [6.45, 7) is 5.34. The van der Waals surface area contributed by atoms with Crippen molar-refractivity contribution in [2.75, 3.05) is 0 Å². The highest BCUT2D eigenvalue weighted by molar-refractivity contribution is 5.89. The second kappa shape index (κ2) is 5.22. The first-order valence-electron chi connectivity index (χ1n) is 5.79. The second-order valence-corrected chi connectivity index (χ2v) is 5.31. The zero-order valence-electron chi connectivity index (χ0n) is 10.6. The number of ketones is 1. The first kappa shape index (κ1) is 13.6. The van der Waals surface area contributed by atoms with E-state index in [0.29, 0.717) is 0 Å². The molecule has 1 atom stereocenters. The Morgan fingerprint density at radius 3 is 2.47 bits per heavy atom. The molecule has 17 heavy (non-hydrogen) atoms. The molecule has 1 N–H and O–H groups in total. The van der Waals surface area contributed by atoms with Gasteiger partial charge in [-0.05, 0) is 39.5 Å². The zero-order chi connectivity index (χ0) is 13.1. The van der Waals surface area contributed by atoms with Crippen LogP contribution < -0.4 is 5.32 Å². The van der Waals surface area contributed by atoms with E-state index >= 15 is 0 Å². The van der Waals surface area contributed by atoms with E-state index in [2.05, 4.69) is 11.2 Å². The third-order valence-corrected chi connectivity index (χ3v) is 2.39. The summed E-state index contributed by atoms with van der Waals surface area (Å²) in [5.41, 5.74) is -0.562. The van der Waals surface area contributed by atoms with Gasteiger partial charge in [0.15, 0.2) is 5.78 Å². The third kappa shape index (κ3) is 4.90. The molecule has 0 heterocycles. The number of nitrogens with one attached hydrogen (secondary N) is 1. The van der Waals surface area contributed by atoms with Crippen molar-refractivity contribution in [2.24, 2.45) is 5.92 Å². The summed E-state index contributed by atoms with van der Waals surface area (Å²) in [5, 5.41) is 2.61. The van der Waals surface area contributed by atoms with Crippen molar-refractivity contribution in [1.29, 1.82) is 0 Å². The van der Waals surface area contributed by atoms with Crippen LogP contribution in [0.1, 0.15) is 40.0 Å². The Hall–Kier alpha value is -1.50. The lowest BCUT2D eigenvalue weighted by atomic mass is 10.1. The van der Waals surface area contributed by atoms with Gasteiger partial charge in [0.2, 0.25) is 0 Å². The molecule has 0 saturated heterocycles. The van der Waals surface area contributed by atoms with Gasteiger partial charge in [-0.15, -0.1) is 6.42 Å². The summed E-state index contributed by atoms with van der Waals surface area (Å²) in [5.74, 6) is 2.43. The Balaban J connectivity index is 2.53. The average Bonchev–Trinajstić information content (AvgIpc) is 2.94. The topological polar surface area (TPSA) is 55.4 Å². The van der Waals surface area contributed by atoms with Gasteiger partial charge in [-0.25, -0.2) is 4.79 Å². The molecule has 1 fully saturated rings. The highest BCUT2D eigenvalue weighted by Crippen LogP contribution is 2.33. The summed E-state index contributed by atoms with van der Waals surface area (Å²) in [4.78, 5) is 23.3. The molecule has 1 aliphatic rings. The molecule has 4 heteroatoms. The van der Waals surface area contributed by atoms with Gasteiger partial charge in [-0.3, -0.25) is 4.79 Å². The number of Topliss-reactive ketones (excluding diaryl/α,β-unsaturated/α-hetero) is 1. The van der Waals surface area contributed by atoms with Crippen molar-refractivity contribution in [3.05, 3.63) is 0 Å². The first-order valence-corrected chi connectivity index (χ1v) is 5.79. The van der Waals surface area contributed by atoms with Crippen molar-refractivity contribution in [1.82, 2.24) is 5.32 Å². The highest BCUT2D eigenvalue weighted by atomic mass is 16.6. The molecule has 1 unspecified atom stereocenters. The molecule has 1 rings (SSSR count). The minimum atomic E-state index is -0.562. The fourth-order valence-corrected chi connectivity index (χ4v) is 1.54. The van der Waals surface area contributed by atoms with Gasteiger partial charge < -0.3 is 10.1 Å². The molecule has 0 aromatic heterocycles. The molecule has 0 aliphatic heterocycles. The summed E-state index contributed by atoms with van der Waals surface area (Å²) in [6, 6.07) is -0.485. The van der Waals surface area contributed by atoms with Crippen LogP contribution >= 0.6 is 0 Å². The normalized spacial score (nSPS) is 16.8. The van der Waals surface area contributed by atoms with Gasteiger partial charge in [-0.2, -0.15) is 0 Å². The first-order chi connectivity index (χ1) is 7.83. The van der Waals surface area contributed by atoms with E-state index in [4.69, 9.17) is 11.2 Å². The van der Waals surface area contributed by atoms with E-state index in [1.165, 1.54) is 0 Å². The van der Waals surface area contributed by atoms with Crippen molar-refractivity contribution < 1.29 is 14.3 Å². The molecule has 94 valence electrons. The van der Waals surface area contributed by atoms with Crippen LogP contribution in [0.5, 0.6) is 0 Å². The Morgan fingerprint density at radius 2 is 2.06 bits per heavy atom. The molecule has 4 nitrogen and oxygen atoms in total. The Labute approximate surface area is 102 Å². The van der Waals surface area contributed by atoms with E-state index in [1.807, 2.05) is 0 Å². The zero-order valence-corrected chi connectivity index (χ0v) is 10.6. The fourth-order valence-electron chi connectivity index (χ4n) is 1.54. The molecular weight excluding hydrogens is 218 g/mol. The van der Waals surface area contributed by atoms with E-state index in [-0.39, 0.29) is 18.1 Å².